The molecule has 2 atom stereocenters. The molecule has 8 nitrogen and oxygen atoms in total. The lowest BCUT2D eigenvalue weighted by molar-refractivity contribution is -0.125. The number of nitrogens with zero attached hydrogens (tertiary/aromatic N) is 3. The molecule has 1 saturated heterocycles. The first-order valence-corrected chi connectivity index (χ1v) is 10.7. The molecule has 0 aliphatic carbocycles. The molecular formula is C16H23N5O3S2. The van der Waals surface area contributed by atoms with Gasteiger partial charge in [0.05, 0.1) is 18.3 Å². The minimum atomic E-state index is -3.75. The molecule has 1 aliphatic heterocycles. The van der Waals surface area contributed by atoms with Gasteiger partial charge in [0.15, 0.2) is 0 Å². The Hall–Kier alpha value is -1.75. The molecule has 3 rings (SSSR count). The molecular weight excluding hydrogens is 374 g/mol. The highest BCUT2D eigenvalue weighted by atomic mass is 32.2. The number of amides is 1. The SMILES string of the molecule is CCn1cc([C@H]2C[C@H](C(=O)NCc3cccs3)N(C)S(=O)(=O)N2)c(C)n1. The zero-order valence-electron chi connectivity index (χ0n) is 15.0. The number of nitrogens with one attached hydrogen (secondary N) is 2. The van der Waals surface area contributed by atoms with Crippen molar-refractivity contribution < 1.29 is 13.2 Å². The monoisotopic (exact) mass is 397 g/mol. The molecule has 3 heterocycles. The molecule has 26 heavy (non-hydrogen) atoms. The molecule has 142 valence electrons. The number of aryl methyl sites for hydroxylation is 2. The Labute approximate surface area is 157 Å². The Balaban J connectivity index is 1.79. The largest absolute Gasteiger partial charge is 0.350 e. The van der Waals surface area contributed by atoms with Gasteiger partial charge in [0.2, 0.25) is 5.91 Å². The second-order valence-corrected chi connectivity index (χ2v) is 9.06. The van der Waals surface area contributed by atoms with E-state index < -0.39 is 22.3 Å². The first-order valence-electron chi connectivity index (χ1n) is 8.41. The van der Waals surface area contributed by atoms with Gasteiger partial charge < -0.3 is 5.32 Å². The van der Waals surface area contributed by atoms with Crippen molar-refractivity contribution in [1.82, 2.24) is 24.1 Å². The fourth-order valence-electron chi connectivity index (χ4n) is 3.06. The maximum Gasteiger partial charge on any atom is 0.280 e. The normalized spacial score (nSPS) is 23.0. The van der Waals surface area contributed by atoms with Crippen LogP contribution in [0.1, 0.15) is 35.5 Å². The van der Waals surface area contributed by atoms with E-state index in [4.69, 9.17) is 0 Å². The van der Waals surface area contributed by atoms with Crippen molar-refractivity contribution in [3.63, 3.8) is 0 Å². The van der Waals surface area contributed by atoms with Crippen LogP contribution in [0.5, 0.6) is 0 Å². The van der Waals surface area contributed by atoms with E-state index in [1.54, 1.807) is 16.0 Å². The van der Waals surface area contributed by atoms with Crippen LogP contribution in [0.15, 0.2) is 23.7 Å². The fraction of sp³-hybridized carbons (Fsp3) is 0.500. The standard InChI is InChI=1S/C16H23N5O3S2/c1-4-21-10-13(11(2)18-21)14-8-15(20(3)26(23,24)19-14)16(22)17-9-12-6-5-7-25-12/h5-7,10,14-15,19H,4,8-9H2,1-3H3,(H,17,22)/t14-,15-/m1/s1. The van der Waals surface area contributed by atoms with E-state index in [0.29, 0.717) is 19.5 Å². The van der Waals surface area contributed by atoms with Crippen LogP contribution < -0.4 is 10.0 Å². The Kier molecular flexibility index (Phi) is 5.47. The third-order valence-electron chi connectivity index (χ3n) is 4.57. The summed E-state index contributed by atoms with van der Waals surface area (Å²) in [6, 6.07) is 2.60. The van der Waals surface area contributed by atoms with Gasteiger partial charge in [0.25, 0.3) is 10.2 Å². The summed E-state index contributed by atoms with van der Waals surface area (Å²) in [4.78, 5) is 13.7. The van der Waals surface area contributed by atoms with Crippen molar-refractivity contribution >= 4 is 27.5 Å². The first kappa shape index (κ1) is 19.0. The lowest BCUT2D eigenvalue weighted by Gasteiger charge is -2.36. The van der Waals surface area contributed by atoms with Gasteiger partial charge in [-0.05, 0) is 31.7 Å². The zero-order chi connectivity index (χ0) is 18.9. The summed E-state index contributed by atoms with van der Waals surface area (Å²) in [5, 5.41) is 9.16. The summed E-state index contributed by atoms with van der Waals surface area (Å²) in [7, 11) is -2.32. The third-order valence-corrected chi connectivity index (χ3v) is 7.04. The van der Waals surface area contributed by atoms with E-state index in [2.05, 4.69) is 15.1 Å². The number of hydrogen-bond acceptors (Lipinski definition) is 5. The molecule has 2 aromatic rings. The Morgan fingerprint density at radius 2 is 2.27 bits per heavy atom. The van der Waals surface area contributed by atoms with Crippen LogP contribution in [-0.2, 0) is 28.1 Å². The van der Waals surface area contributed by atoms with E-state index in [1.165, 1.54) is 7.05 Å². The summed E-state index contributed by atoms with van der Waals surface area (Å²) >= 11 is 1.55. The number of likely N-dealkylation sites (N-methyl/N-ethyl adjacent to an activating group) is 1. The second kappa shape index (κ2) is 7.47. The highest BCUT2D eigenvalue weighted by molar-refractivity contribution is 7.87. The smallest absolute Gasteiger partial charge is 0.280 e. The number of carbonyl (C=O) groups is 1. The minimum Gasteiger partial charge on any atom is -0.350 e. The zero-order valence-corrected chi connectivity index (χ0v) is 16.6. The molecule has 2 aromatic heterocycles. The molecule has 0 unspecified atom stereocenters. The van der Waals surface area contributed by atoms with Gasteiger partial charge in [0.1, 0.15) is 6.04 Å². The van der Waals surface area contributed by atoms with Gasteiger partial charge in [-0.15, -0.1) is 11.3 Å². The van der Waals surface area contributed by atoms with Crippen molar-refractivity contribution in [3.8, 4) is 0 Å². The van der Waals surface area contributed by atoms with Crippen LogP contribution in [0.4, 0.5) is 0 Å². The summed E-state index contributed by atoms with van der Waals surface area (Å²) in [5.74, 6) is -0.295. The van der Waals surface area contributed by atoms with E-state index >= 15 is 0 Å². The van der Waals surface area contributed by atoms with Crippen LogP contribution in [0, 0.1) is 6.92 Å². The summed E-state index contributed by atoms with van der Waals surface area (Å²) in [5.41, 5.74) is 1.57. The van der Waals surface area contributed by atoms with Gasteiger partial charge in [-0.1, -0.05) is 6.07 Å². The van der Waals surface area contributed by atoms with Gasteiger partial charge in [-0.2, -0.15) is 22.5 Å². The summed E-state index contributed by atoms with van der Waals surface area (Å²) in [6.45, 7) is 4.91. The quantitative estimate of drug-likeness (QED) is 0.792. The number of thiophene rings is 1. The van der Waals surface area contributed by atoms with Gasteiger partial charge in [-0.25, -0.2) is 0 Å². The third kappa shape index (κ3) is 3.83. The van der Waals surface area contributed by atoms with Crippen molar-refractivity contribution in [2.75, 3.05) is 7.05 Å². The maximum absolute atomic E-state index is 12.7. The fourth-order valence-corrected chi connectivity index (χ4v) is 4.97. The molecule has 1 fully saturated rings. The van der Waals surface area contributed by atoms with E-state index in [-0.39, 0.29) is 5.91 Å². The molecule has 1 amide bonds. The predicted octanol–water partition coefficient (Wildman–Crippen LogP) is 1.17. The van der Waals surface area contributed by atoms with E-state index in [0.717, 1.165) is 20.4 Å². The molecule has 1 aliphatic rings. The Morgan fingerprint density at radius 1 is 1.50 bits per heavy atom. The van der Waals surface area contributed by atoms with Crippen LogP contribution in [0.3, 0.4) is 0 Å². The predicted molar refractivity (Wildman–Crippen MR) is 99.8 cm³/mol. The lowest BCUT2D eigenvalue weighted by Crippen LogP contribution is -2.57. The maximum atomic E-state index is 12.7. The van der Waals surface area contributed by atoms with Gasteiger partial charge in [0, 0.05) is 30.2 Å². The average Bonchev–Trinajstić information content (AvgIpc) is 3.24. The molecule has 0 spiro atoms. The van der Waals surface area contributed by atoms with Crippen molar-refractivity contribution in [3.05, 3.63) is 39.8 Å². The van der Waals surface area contributed by atoms with E-state index in [9.17, 15) is 13.2 Å². The number of hydrogen-bond donors (Lipinski definition) is 2. The number of carbonyl (C=O) groups excluding carboxylic acids is 1. The van der Waals surface area contributed by atoms with Gasteiger partial charge in [-0.3, -0.25) is 9.48 Å². The highest BCUT2D eigenvalue weighted by Gasteiger charge is 2.41. The topological polar surface area (TPSA) is 96.3 Å². The minimum absolute atomic E-state index is 0.295. The molecule has 0 aromatic carbocycles. The Bertz CT molecular complexity index is 876. The number of aromatic nitrogens is 2. The highest BCUT2D eigenvalue weighted by Crippen LogP contribution is 2.29. The molecule has 0 saturated carbocycles. The van der Waals surface area contributed by atoms with E-state index in [1.807, 2.05) is 37.6 Å². The summed E-state index contributed by atoms with van der Waals surface area (Å²) in [6.07, 6.45) is 2.19. The molecule has 10 heteroatoms. The van der Waals surface area contributed by atoms with Crippen molar-refractivity contribution in [1.29, 1.82) is 0 Å². The molecule has 0 radical (unpaired) electrons. The van der Waals surface area contributed by atoms with Gasteiger partial charge >= 0.3 is 0 Å². The van der Waals surface area contributed by atoms with Crippen LogP contribution in [-0.4, -0.2) is 41.5 Å². The van der Waals surface area contributed by atoms with Crippen LogP contribution >= 0.6 is 11.3 Å². The average molecular weight is 398 g/mol. The Morgan fingerprint density at radius 3 is 2.88 bits per heavy atom. The molecule has 2 N–H and O–H groups in total. The second-order valence-electron chi connectivity index (χ2n) is 6.27. The number of rotatable bonds is 5. The van der Waals surface area contributed by atoms with Crippen molar-refractivity contribution in [2.45, 2.75) is 45.4 Å². The molecule has 0 bridgehead atoms. The van der Waals surface area contributed by atoms with Crippen LogP contribution in [0.2, 0.25) is 0 Å². The summed E-state index contributed by atoms with van der Waals surface area (Å²) < 4.78 is 30.6. The first-order chi connectivity index (χ1) is 12.3. The van der Waals surface area contributed by atoms with Crippen molar-refractivity contribution in [2.24, 2.45) is 0 Å². The lowest BCUT2D eigenvalue weighted by atomic mass is 10.00. The van der Waals surface area contributed by atoms with Crippen LogP contribution in [0.25, 0.3) is 0 Å².